The molecular weight excluding hydrogens is 274 g/mol. The molecule has 1 aliphatic heterocycles. The summed E-state index contributed by atoms with van der Waals surface area (Å²) in [6, 6.07) is 14.2. The van der Waals surface area contributed by atoms with Gasteiger partial charge in [0.1, 0.15) is 0 Å². The first-order valence-corrected chi connectivity index (χ1v) is 7.74. The lowest BCUT2D eigenvalue weighted by Gasteiger charge is -2.26. The van der Waals surface area contributed by atoms with Gasteiger partial charge in [-0.25, -0.2) is 0 Å². The van der Waals surface area contributed by atoms with Crippen LogP contribution in [0.25, 0.3) is 10.8 Å². The van der Waals surface area contributed by atoms with E-state index in [1.807, 2.05) is 51.1 Å². The van der Waals surface area contributed by atoms with Gasteiger partial charge in [-0.2, -0.15) is 0 Å². The van der Waals surface area contributed by atoms with Crippen LogP contribution in [0.5, 0.6) is 0 Å². The van der Waals surface area contributed by atoms with E-state index >= 15 is 0 Å². The molecule has 2 aromatic carbocycles. The number of imide groups is 1. The van der Waals surface area contributed by atoms with Gasteiger partial charge in [-0.1, -0.05) is 50.2 Å². The molecule has 1 atom stereocenters. The normalized spacial score (nSPS) is 22.1. The second-order valence-electron chi connectivity index (χ2n) is 6.72. The maximum absolute atomic E-state index is 12.7. The Hall–Kier alpha value is -2.16. The van der Waals surface area contributed by atoms with Gasteiger partial charge >= 0.3 is 0 Å². The van der Waals surface area contributed by atoms with E-state index in [4.69, 9.17) is 0 Å². The quantitative estimate of drug-likeness (QED) is 0.808. The van der Waals surface area contributed by atoms with Gasteiger partial charge in [0.15, 0.2) is 0 Å². The zero-order chi connectivity index (χ0) is 15.9. The van der Waals surface area contributed by atoms with E-state index in [2.05, 4.69) is 12.1 Å². The highest BCUT2D eigenvalue weighted by atomic mass is 16.2. The second-order valence-corrected chi connectivity index (χ2v) is 6.72. The molecule has 0 aromatic heterocycles. The Morgan fingerprint density at radius 1 is 1.09 bits per heavy atom. The molecule has 3 rings (SSSR count). The minimum absolute atomic E-state index is 0.0411. The smallest absolute Gasteiger partial charge is 0.236 e. The number of benzene rings is 2. The highest BCUT2D eigenvalue weighted by molar-refractivity contribution is 6.05. The molecule has 1 fully saturated rings. The standard InChI is InChI=1S/C19H21NO2/c1-13(2)19(3)11-17(21)20(18(19)22)12-14-8-9-15-6-4-5-7-16(15)10-14/h4-10,13H,11-12H2,1-3H3. The molecule has 0 radical (unpaired) electrons. The van der Waals surface area contributed by atoms with Crippen LogP contribution in [-0.2, 0) is 16.1 Å². The Kier molecular flexibility index (Phi) is 3.51. The average molecular weight is 295 g/mol. The average Bonchev–Trinajstić information content (AvgIpc) is 2.72. The molecule has 0 aliphatic carbocycles. The lowest BCUT2D eigenvalue weighted by Crippen LogP contribution is -2.36. The highest BCUT2D eigenvalue weighted by Crippen LogP contribution is 2.39. The van der Waals surface area contributed by atoms with Gasteiger partial charge in [0.05, 0.1) is 12.0 Å². The van der Waals surface area contributed by atoms with Crippen LogP contribution >= 0.6 is 0 Å². The third-order valence-electron chi connectivity index (χ3n) is 4.98. The van der Waals surface area contributed by atoms with Gasteiger partial charge in [0, 0.05) is 6.42 Å². The zero-order valence-corrected chi connectivity index (χ0v) is 13.3. The van der Waals surface area contributed by atoms with Crippen LogP contribution in [0.3, 0.4) is 0 Å². The van der Waals surface area contributed by atoms with Gasteiger partial charge in [0.2, 0.25) is 11.8 Å². The van der Waals surface area contributed by atoms with Crippen LogP contribution in [0.15, 0.2) is 42.5 Å². The van der Waals surface area contributed by atoms with Crippen molar-refractivity contribution in [3.63, 3.8) is 0 Å². The number of carbonyl (C=O) groups is 2. The largest absolute Gasteiger partial charge is 0.278 e. The van der Waals surface area contributed by atoms with Crippen LogP contribution in [0.4, 0.5) is 0 Å². The van der Waals surface area contributed by atoms with Gasteiger partial charge in [-0.05, 0) is 35.2 Å². The van der Waals surface area contributed by atoms with Crippen molar-refractivity contribution in [2.45, 2.75) is 33.7 Å². The Morgan fingerprint density at radius 2 is 1.77 bits per heavy atom. The summed E-state index contributed by atoms with van der Waals surface area (Å²) >= 11 is 0. The molecule has 0 N–H and O–H groups in total. The Bertz CT molecular complexity index is 750. The molecule has 0 spiro atoms. The number of hydrogen-bond acceptors (Lipinski definition) is 2. The minimum atomic E-state index is -0.562. The third-order valence-corrected chi connectivity index (χ3v) is 4.98. The molecule has 1 aliphatic rings. The number of fused-ring (bicyclic) bond motifs is 1. The van der Waals surface area contributed by atoms with Gasteiger partial charge in [0.25, 0.3) is 0 Å². The van der Waals surface area contributed by atoms with E-state index in [1.54, 1.807) is 0 Å². The van der Waals surface area contributed by atoms with Crippen LogP contribution in [0.2, 0.25) is 0 Å². The van der Waals surface area contributed by atoms with Crippen LogP contribution in [0, 0.1) is 11.3 Å². The predicted molar refractivity (Wildman–Crippen MR) is 87.1 cm³/mol. The van der Waals surface area contributed by atoms with Crippen molar-refractivity contribution in [3.05, 3.63) is 48.0 Å². The summed E-state index contributed by atoms with van der Waals surface area (Å²) in [6.07, 6.45) is 0.317. The zero-order valence-electron chi connectivity index (χ0n) is 13.3. The number of rotatable bonds is 3. The summed E-state index contributed by atoms with van der Waals surface area (Å²) < 4.78 is 0. The van der Waals surface area contributed by atoms with Crippen LogP contribution < -0.4 is 0 Å². The summed E-state index contributed by atoms with van der Waals surface area (Å²) in [7, 11) is 0. The molecule has 3 heteroatoms. The predicted octanol–water partition coefficient (Wildman–Crippen LogP) is 3.76. The first-order chi connectivity index (χ1) is 10.4. The SMILES string of the molecule is CC(C)C1(C)CC(=O)N(Cc2ccc3ccccc3c2)C1=O. The fourth-order valence-corrected chi connectivity index (χ4v) is 3.04. The maximum atomic E-state index is 12.7. The van der Waals surface area contributed by atoms with E-state index in [-0.39, 0.29) is 17.7 Å². The second kappa shape index (κ2) is 5.24. The van der Waals surface area contributed by atoms with E-state index in [9.17, 15) is 9.59 Å². The molecule has 114 valence electrons. The molecule has 2 amide bonds. The topological polar surface area (TPSA) is 37.4 Å². The molecule has 22 heavy (non-hydrogen) atoms. The lowest BCUT2D eigenvalue weighted by molar-refractivity contribution is -0.142. The van der Waals surface area contributed by atoms with E-state index in [0.717, 1.165) is 16.3 Å². The molecule has 0 bridgehead atoms. The summed E-state index contributed by atoms with van der Waals surface area (Å²) in [5.74, 6) is 0.0561. The molecular formula is C19H21NO2. The summed E-state index contributed by atoms with van der Waals surface area (Å²) in [5.41, 5.74) is 0.432. The maximum Gasteiger partial charge on any atom is 0.236 e. The third kappa shape index (κ3) is 2.31. The molecule has 1 saturated heterocycles. The number of hydrogen-bond donors (Lipinski definition) is 0. The van der Waals surface area contributed by atoms with Crippen molar-refractivity contribution in [3.8, 4) is 0 Å². The summed E-state index contributed by atoms with van der Waals surface area (Å²) in [6.45, 7) is 6.28. The monoisotopic (exact) mass is 295 g/mol. The van der Waals surface area contributed by atoms with Crippen molar-refractivity contribution in [2.24, 2.45) is 11.3 Å². The summed E-state index contributed by atoms with van der Waals surface area (Å²) in [5, 5.41) is 2.29. The first kappa shape index (κ1) is 14.8. The van der Waals surface area contributed by atoms with Gasteiger partial charge < -0.3 is 0 Å². The Morgan fingerprint density at radius 3 is 2.41 bits per heavy atom. The molecule has 2 aromatic rings. The van der Waals surface area contributed by atoms with E-state index in [0.29, 0.717) is 13.0 Å². The van der Waals surface area contributed by atoms with Crippen molar-refractivity contribution in [1.82, 2.24) is 4.90 Å². The number of nitrogens with zero attached hydrogens (tertiary/aromatic N) is 1. The Balaban J connectivity index is 1.88. The van der Waals surface area contributed by atoms with Crippen LogP contribution in [0.1, 0.15) is 32.8 Å². The van der Waals surface area contributed by atoms with Crippen molar-refractivity contribution < 1.29 is 9.59 Å². The number of amides is 2. The molecule has 1 heterocycles. The van der Waals surface area contributed by atoms with Crippen LogP contribution in [-0.4, -0.2) is 16.7 Å². The van der Waals surface area contributed by atoms with Crippen molar-refractivity contribution in [1.29, 1.82) is 0 Å². The minimum Gasteiger partial charge on any atom is -0.278 e. The fourth-order valence-electron chi connectivity index (χ4n) is 3.04. The van der Waals surface area contributed by atoms with Crippen molar-refractivity contribution >= 4 is 22.6 Å². The van der Waals surface area contributed by atoms with Crippen molar-refractivity contribution in [2.75, 3.05) is 0 Å². The van der Waals surface area contributed by atoms with Gasteiger partial charge in [-0.15, -0.1) is 0 Å². The molecule has 3 nitrogen and oxygen atoms in total. The molecule has 0 saturated carbocycles. The first-order valence-electron chi connectivity index (χ1n) is 7.74. The molecule has 1 unspecified atom stereocenters. The Labute approximate surface area is 130 Å². The van der Waals surface area contributed by atoms with E-state index in [1.165, 1.54) is 4.90 Å². The fraction of sp³-hybridized carbons (Fsp3) is 0.368. The summed E-state index contributed by atoms with van der Waals surface area (Å²) in [4.78, 5) is 26.4. The lowest BCUT2D eigenvalue weighted by atomic mass is 9.78. The van der Waals surface area contributed by atoms with Gasteiger partial charge in [-0.3, -0.25) is 14.5 Å². The number of carbonyl (C=O) groups excluding carboxylic acids is 2. The van der Waals surface area contributed by atoms with E-state index < -0.39 is 5.41 Å². The number of likely N-dealkylation sites (tertiary alicyclic amines) is 1. The highest BCUT2D eigenvalue weighted by Gasteiger charge is 2.49.